The van der Waals surface area contributed by atoms with Gasteiger partial charge in [0.25, 0.3) is 0 Å². The Bertz CT molecular complexity index is 349. The SMILES string of the molecule is Nc1cc(Cl)cc(N2CC3CC3C2)n1. The van der Waals surface area contributed by atoms with Crippen molar-refractivity contribution < 1.29 is 0 Å². The monoisotopic (exact) mass is 209 g/mol. The van der Waals surface area contributed by atoms with Crippen LogP contribution in [0.15, 0.2) is 12.1 Å². The predicted molar refractivity (Wildman–Crippen MR) is 57.5 cm³/mol. The summed E-state index contributed by atoms with van der Waals surface area (Å²) in [4.78, 5) is 6.57. The fourth-order valence-electron chi connectivity index (χ4n) is 2.25. The molecule has 2 aliphatic rings. The van der Waals surface area contributed by atoms with Crippen LogP contribution in [0.3, 0.4) is 0 Å². The molecule has 3 nitrogen and oxygen atoms in total. The van der Waals surface area contributed by atoms with E-state index in [9.17, 15) is 0 Å². The number of hydrogen-bond acceptors (Lipinski definition) is 3. The molecule has 0 aromatic carbocycles. The zero-order chi connectivity index (χ0) is 9.71. The van der Waals surface area contributed by atoms with Gasteiger partial charge >= 0.3 is 0 Å². The lowest BCUT2D eigenvalue weighted by atomic mass is 10.4. The number of nitrogens with zero attached hydrogens (tertiary/aromatic N) is 2. The van der Waals surface area contributed by atoms with Gasteiger partial charge in [-0.05, 0) is 30.4 Å². The normalized spacial score (nSPS) is 29.1. The van der Waals surface area contributed by atoms with Gasteiger partial charge in [-0.1, -0.05) is 11.6 Å². The Morgan fingerprint density at radius 1 is 1.36 bits per heavy atom. The number of nitrogen functional groups attached to an aromatic ring is 1. The van der Waals surface area contributed by atoms with E-state index in [4.69, 9.17) is 17.3 Å². The topological polar surface area (TPSA) is 42.1 Å². The third kappa shape index (κ3) is 1.32. The molecule has 2 heterocycles. The summed E-state index contributed by atoms with van der Waals surface area (Å²) in [6.07, 6.45) is 1.40. The average molecular weight is 210 g/mol. The molecule has 14 heavy (non-hydrogen) atoms. The molecule has 2 unspecified atom stereocenters. The molecular formula is C10H12ClN3. The Balaban J connectivity index is 1.88. The van der Waals surface area contributed by atoms with Crippen molar-refractivity contribution in [2.75, 3.05) is 23.7 Å². The van der Waals surface area contributed by atoms with E-state index in [1.807, 2.05) is 6.07 Å². The smallest absolute Gasteiger partial charge is 0.132 e. The Hall–Kier alpha value is -0.960. The van der Waals surface area contributed by atoms with Gasteiger partial charge in [0, 0.05) is 18.1 Å². The summed E-state index contributed by atoms with van der Waals surface area (Å²) < 4.78 is 0. The van der Waals surface area contributed by atoms with Crippen LogP contribution in [0.2, 0.25) is 5.02 Å². The van der Waals surface area contributed by atoms with Crippen molar-refractivity contribution in [1.29, 1.82) is 0 Å². The molecule has 1 aromatic rings. The zero-order valence-electron chi connectivity index (χ0n) is 7.78. The largest absolute Gasteiger partial charge is 0.384 e. The zero-order valence-corrected chi connectivity index (χ0v) is 8.54. The molecule has 3 rings (SSSR count). The fourth-order valence-corrected chi connectivity index (χ4v) is 2.46. The third-order valence-corrected chi connectivity index (χ3v) is 3.32. The van der Waals surface area contributed by atoms with E-state index in [0.717, 1.165) is 30.7 Å². The van der Waals surface area contributed by atoms with Crippen LogP contribution in [0.25, 0.3) is 0 Å². The third-order valence-electron chi connectivity index (χ3n) is 3.10. The highest BCUT2D eigenvalue weighted by Crippen LogP contribution is 2.46. The van der Waals surface area contributed by atoms with Gasteiger partial charge in [0.15, 0.2) is 0 Å². The first kappa shape index (κ1) is 8.36. The Labute approximate surface area is 87.9 Å². The molecule has 0 spiro atoms. The van der Waals surface area contributed by atoms with Crippen LogP contribution in [0.1, 0.15) is 6.42 Å². The van der Waals surface area contributed by atoms with Gasteiger partial charge < -0.3 is 10.6 Å². The minimum absolute atomic E-state index is 0.507. The van der Waals surface area contributed by atoms with Crippen molar-refractivity contribution in [3.8, 4) is 0 Å². The molecule has 1 aliphatic carbocycles. The van der Waals surface area contributed by atoms with Crippen LogP contribution in [-0.2, 0) is 0 Å². The number of aromatic nitrogens is 1. The molecule has 2 fully saturated rings. The average Bonchev–Trinajstić information content (AvgIpc) is 2.72. The van der Waals surface area contributed by atoms with Crippen LogP contribution in [0.5, 0.6) is 0 Å². The van der Waals surface area contributed by atoms with Gasteiger partial charge in [0.2, 0.25) is 0 Å². The second-order valence-electron chi connectivity index (χ2n) is 4.23. The van der Waals surface area contributed by atoms with Crippen LogP contribution in [0, 0.1) is 11.8 Å². The van der Waals surface area contributed by atoms with E-state index in [1.165, 1.54) is 6.42 Å². The van der Waals surface area contributed by atoms with Crippen molar-refractivity contribution in [1.82, 2.24) is 4.98 Å². The highest BCUT2D eigenvalue weighted by molar-refractivity contribution is 6.31. The van der Waals surface area contributed by atoms with Gasteiger partial charge in [-0.2, -0.15) is 0 Å². The molecule has 2 N–H and O–H groups in total. The molecule has 0 radical (unpaired) electrons. The maximum atomic E-state index is 5.93. The lowest BCUT2D eigenvalue weighted by Crippen LogP contribution is -2.23. The van der Waals surface area contributed by atoms with Crippen LogP contribution >= 0.6 is 11.6 Å². The van der Waals surface area contributed by atoms with Crippen LogP contribution in [-0.4, -0.2) is 18.1 Å². The number of rotatable bonds is 1. The first-order valence-corrected chi connectivity index (χ1v) is 5.28. The summed E-state index contributed by atoms with van der Waals surface area (Å²) in [5, 5.41) is 0.674. The minimum Gasteiger partial charge on any atom is -0.384 e. The molecule has 1 aliphatic heterocycles. The predicted octanol–water partition coefficient (Wildman–Crippen LogP) is 1.77. The summed E-state index contributed by atoms with van der Waals surface area (Å²) in [5.41, 5.74) is 5.65. The van der Waals surface area contributed by atoms with E-state index >= 15 is 0 Å². The summed E-state index contributed by atoms with van der Waals surface area (Å²) in [6.45, 7) is 2.24. The quantitative estimate of drug-likeness (QED) is 0.767. The van der Waals surface area contributed by atoms with Crippen molar-refractivity contribution in [3.63, 3.8) is 0 Å². The van der Waals surface area contributed by atoms with Crippen molar-refractivity contribution >= 4 is 23.2 Å². The fraction of sp³-hybridized carbons (Fsp3) is 0.500. The van der Waals surface area contributed by atoms with Crippen LogP contribution < -0.4 is 10.6 Å². The van der Waals surface area contributed by atoms with Crippen LogP contribution in [0.4, 0.5) is 11.6 Å². The summed E-state index contributed by atoms with van der Waals surface area (Å²) >= 11 is 5.93. The number of hydrogen-bond donors (Lipinski definition) is 1. The number of piperidine rings is 1. The van der Waals surface area contributed by atoms with Gasteiger partial charge in [-0.15, -0.1) is 0 Å². The number of anilines is 2. The number of fused-ring (bicyclic) bond motifs is 1. The maximum absolute atomic E-state index is 5.93. The Morgan fingerprint density at radius 3 is 2.71 bits per heavy atom. The highest BCUT2D eigenvalue weighted by Gasteiger charge is 2.45. The van der Waals surface area contributed by atoms with Crippen molar-refractivity contribution in [2.24, 2.45) is 11.8 Å². The second kappa shape index (κ2) is 2.76. The van der Waals surface area contributed by atoms with Gasteiger partial charge in [-0.3, -0.25) is 0 Å². The molecule has 1 saturated heterocycles. The lowest BCUT2D eigenvalue weighted by Gasteiger charge is -2.19. The summed E-state index contributed by atoms with van der Waals surface area (Å²) in [6, 6.07) is 3.57. The maximum Gasteiger partial charge on any atom is 0.132 e. The van der Waals surface area contributed by atoms with Crippen molar-refractivity contribution in [2.45, 2.75) is 6.42 Å². The lowest BCUT2D eigenvalue weighted by molar-refractivity contribution is 0.806. The number of halogens is 1. The standard InChI is InChI=1S/C10H12ClN3/c11-8-2-9(12)13-10(3-8)14-4-6-1-7(6)5-14/h2-3,6-7H,1,4-5H2,(H2,12,13). The van der Waals surface area contributed by atoms with Crippen molar-refractivity contribution in [3.05, 3.63) is 17.2 Å². The van der Waals surface area contributed by atoms with E-state index < -0.39 is 0 Å². The first-order valence-electron chi connectivity index (χ1n) is 4.90. The van der Waals surface area contributed by atoms with E-state index in [-0.39, 0.29) is 0 Å². The van der Waals surface area contributed by atoms with E-state index in [0.29, 0.717) is 10.8 Å². The second-order valence-corrected chi connectivity index (χ2v) is 4.67. The number of pyridine rings is 1. The van der Waals surface area contributed by atoms with E-state index in [2.05, 4.69) is 9.88 Å². The van der Waals surface area contributed by atoms with Gasteiger partial charge in [-0.25, -0.2) is 4.98 Å². The summed E-state index contributed by atoms with van der Waals surface area (Å²) in [5.74, 6) is 3.24. The van der Waals surface area contributed by atoms with E-state index in [1.54, 1.807) is 6.07 Å². The summed E-state index contributed by atoms with van der Waals surface area (Å²) in [7, 11) is 0. The molecule has 1 aromatic heterocycles. The molecule has 0 bridgehead atoms. The highest BCUT2D eigenvalue weighted by atomic mass is 35.5. The molecule has 4 heteroatoms. The van der Waals surface area contributed by atoms with Gasteiger partial charge in [0.1, 0.15) is 11.6 Å². The molecule has 2 atom stereocenters. The Morgan fingerprint density at radius 2 is 2.07 bits per heavy atom. The first-order chi connectivity index (χ1) is 6.72. The molecule has 0 amide bonds. The number of nitrogens with two attached hydrogens (primary N) is 1. The molecule has 74 valence electrons. The molecule has 1 saturated carbocycles. The Kier molecular flexibility index (Phi) is 1.65. The molecular weight excluding hydrogens is 198 g/mol. The minimum atomic E-state index is 0.507. The van der Waals surface area contributed by atoms with Gasteiger partial charge in [0.05, 0.1) is 0 Å².